The Labute approximate surface area is 287 Å². The lowest BCUT2D eigenvalue weighted by atomic mass is 9.69. The van der Waals surface area contributed by atoms with E-state index >= 15 is 0 Å². The molecule has 0 radical (unpaired) electrons. The van der Waals surface area contributed by atoms with Crippen LogP contribution in [0.1, 0.15) is 44.6 Å². The fourth-order valence-electron chi connectivity index (χ4n) is 7.37. The van der Waals surface area contributed by atoms with Gasteiger partial charge >= 0.3 is 0 Å². The van der Waals surface area contributed by atoms with Crippen molar-refractivity contribution in [3.63, 3.8) is 0 Å². The second-order valence-corrected chi connectivity index (χ2v) is 13.3. The van der Waals surface area contributed by atoms with Crippen molar-refractivity contribution < 1.29 is 4.42 Å². The van der Waals surface area contributed by atoms with Crippen LogP contribution in [0, 0.1) is 5.92 Å². The lowest BCUT2D eigenvalue weighted by Crippen LogP contribution is -2.28. The highest BCUT2D eigenvalue weighted by atomic mass is 16.3. The molecule has 49 heavy (non-hydrogen) atoms. The summed E-state index contributed by atoms with van der Waals surface area (Å²) >= 11 is 0. The summed E-state index contributed by atoms with van der Waals surface area (Å²) in [5.41, 5.74) is 12.2. The van der Waals surface area contributed by atoms with Crippen LogP contribution in [0.3, 0.4) is 0 Å². The molecule has 238 valence electrons. The van der Waals surface area contributed by atoms with Crippen LogP contribution >= 0.6 is 0 Å². The Hall–Kier alpha value is -5.87. The van der Waals surface area contributed by atoms with Crippen LogP contribution in [0.5, 0.6) is 0 Å². The lowest BCUT2D eigenvalue weighted by molar-refractivity contribution is 0.415. The van der Waals surface area contributed by atoms with Crippen LogP contribution in [0.4, 0.5) is 0 Å². The summed E-state index contributed by atoms with van der Waals surface area (Å²) in [7, 11) is 0. The molecule has 0 fully saturated rings. The fraction of sp³-hybridized carbons (Fsp3) is 0.133. The minimum Gasteiger partial charge on any atom is -0.456 e. The average molecular weight is 636 g/mol. The lowest BCUT2D eigenvalue weighted by Gasteiger charge is -2.33. The van der Waals surface area contributed by atoms with Crippen LogP contribution < -0.4 is 0 Å². The molecule has 8 rings (SSSR count). The first kappa shape index (κ1) is 30.5. The van der Waals surface area contributed by atoms with Crippen molar-refractivity contribution in [2.24, 2.45) is 5.92 Å². The van der Waals surface area contributed by atoms with Gasteiger partial charge in [-0.15, -0.1) is 0 Å². The Morgan fingerprint density at radius 3 is 2.10 bits per heavy atom. The Balaban J connectivity index is 1.26. The second kappa shape index (κ2) is 12.0. The molecular formula is C45H37N3O. The summed E-state index contributed by atoms with van der Waals surface area (Å²) < 4.78 is 6.35. The number of fused-ring (bicyclic) bond motifs is 7. The molecular weight excluding hydrogens is 599 g/mol. The van der Waals surface area contributed by atoms with Gasteiger partial charge in [0.1, 0.15) is 11.2 Å². The number of hydrogen-bond acceptors (Lipinski definition) is 4. The van der Waals surface area contributed by atoms with Crippen molar-refractivity contribution in [1.82, 2.24) is 15.0 Å². The van der Waals surface area contributed by atoms with Gasteiger partial charge in [0.05, 0.1) is 0 Å². The van der Waals surface area contributed by atoms with E-state index in [1.165, 1.54) is 33.2 Å². The van der Waals surface area contributed by atoms with Crippen molar-refractivity contribution in [3.8, 4) is 45.0 Å². The third kappa shape index (κ3) is 4.95. The van der Waals surface area contributed by atoms with Crippen LogP contribution in [0.15, 0.2) is 144 Å². The maximum atomic E-state index is 6.35. The largest absolute Gasteiger partial charge is 0.456 e. The van der Waals surface area contributed by atoms with E-state index in [1.807, 2.05) is 61.5 Å². The predicted molar refractivity (Wildman–Crippen MR) is 203 cm³/mol. The monoisotopic (exact) mass is 635 g/mol. The number of furan rings is 1. The summed E-state index contributed by atoms with van der Waals surface area (Å²) in [4.78, 5) is 14.7. The molecule has 0 amide bonds. The molecule has 1 atom stereocenters. The van der Waals surface area contributed by atoms with Gasteiger partial charge in [0, 0.05) is 27.3 Å². The molecule has 0 N–H and O–H groups in total. The maximum Gasteiger partial charge on any atom is 0.164 e. The summed E-state index contributed by atoms with van der Waals surface area (Å²) in [5, 5.41) is 2.37. The van der Waals surface area contributed by atoms with E-state index in [2.05, 4.69) is 100 Å². The van der Waals surface area contributed by atoms with Gasteiger partial charge in [-0.05, 0) is 63.9 Å². The third-order valence-corrected chi connectivity index (χ3v) is 10.2. The van der Waals surface area contributed by atoms with Gasteiger partial charge in [0.2, 0.25) is 0 Å². The molecule has 4 nitrogen and oxygen atoms in total. The van der Waals surface area contributed by atoms with Crippen molar-refractivity contribution in [2.75, 3.05) is 0 Å². The van der Waals surface area contributed by atoms with E-state index in [4.69, 9.17) is 19.4 Å². The molecule has 2 aromatic heterocycles. The molecule has 0 spiro atoms. The first-order valence-electron chi connectivity index (χ1n) is 16.9. The van der Waals surface area contributed by atoms with Gasteiger partial charge < -0.3 is 4.42 Å². The Morgan fingerprint density at radius 1 is 0.694 bits per heavy atom. The first-order valence-corrected chi connectivity index (χ1v) is 16.9. The van der Waals surface area contributed by atoms with Gasteiger partial charge in [-0.3, -0.25) is 0 Å². The highest BCUT2D eigenvalue weighted by Crippen LogP contribution is 2.58. The quantitative estimate of drug-likeness (QED) is 0.164. The van der Waals surface area contributed by atoms with Gasteiger partial charge in [-0.2, -0.15) is 0 Å². The summed E-state index contributed by atoms with van der Waals surface area (Å²) in [5.74, 6) is 2.30. The normalized spacial score (nSPS) is 15.7. The molecule has 0 aliphatic heterocycles. The fourth-order valence-corrected chi connectivity index (χ4v) is 7.37. The van der Waals surface area contributed by atoms with Gasteiger partial charge in [-0.1, -0.05) is 149 Å². The smallest absolute Gasteiger partial charge is 0.164 e. The van der Waals surface area contributed by atoms with E-state index in [9.17, 15) is 0 Å². The van der Waals surface area contributed by atoms with E-state index < -0.39 is 0 Å². The third-order valence-electron chi connectivity index (χ3n) is 10.2. The van der Waals surface area contributed by atoms with Gasteiger partial charge in [0.25, 0.3) is 0 Å². The van der Waals surface area contributed by atoms with Crippen molar-refractivity contribution in [3.05, 3.63) is 157 Å². The minimum absolute atomic E-state index is 0.190. The molecule has 5 aromatic carbocycles. The molecule has 0 bridgehead atoms. The molecule has 4 heteroatoms. The number of benzene rings is 5. The van der Waals surface area contributed by atoms with E-state index in [0.29, 0.717) is 23.4 Å². The highest BCUT2D eigenvalue weighted by Gasteiger charge is 2.44. The van der Waals surface area contributed by atoms with E-state index in [0.717, 1.165) is 38.8 Å². The topological polar surface area (TPSA) is 51.8 Å². The van der Waals surface area contributed by atoms with E-state index in [1.54, 1.807) is 6.08 Å². The molecule has 0 saturated carbocycles. The Bertz CT molecular complexity index is 2450. The molecule has 1 unspecified atom stereocenters. The highest BCUT2D eigenvalue weighted by molar-refractivity contribution is 6.15. The van der Waals surface area contributed by atoms with Crippen LogP contribution in [0.2, 0.25) is 0 Å². The summed E-state index contributed by atoms with van der Waals surface area (Å²) in [6.07, 6.45) is 7.60. The van der Waals surface area contributed by atoms with Crippen molar-refractivity contribution in [2.45, 2.75) is 33.1 Å². The number of nitrogens with zero attached hydrogens (tertiary/aromatic N) is 3. The van der Waals surface area contributed by atoms with Crippen LogP contribution in [-0.4, -0.2) is 15.0 Å². The molecule has 1 aliphatic rings. The number of hydrogen-bond donors (Lipinski definition) is 0. The standard InChI is InChI=1S/C45H37N3O/c1-6-7-9-15-29(4)42-46-43(31-16-10-8-11-17-31)48-44(47-42)32-24-22-30(23-25-32)33-19-14-20-35-39-36(45(5,28(2)3)41(33)35)26-27-38-40(39)34-18-12-13-21-37(34)49-38/h6-28H,1H2,2-5H3/b9-7-,29-15+. The second-order valence-electron chi connectivity index (χ2n) is 13.3. The maximum absolute atomic E-state index is 6.35. The summed E-state index contributed by atoms with van der Waals surface area (Å²) in [6, 6.07) is 38.3. The number of rotatable bonds is 7. The molecule has 0 saturated heterocycles. The molecule has 1 aliphatic carbocycles. The van der Waals surface area contributed by atoms with Gasteiger partial charge in [-0.25, -0.2) is 15.0 Å². The van der Waals surface area contributed by atoms with Crippen molar-refractivity contribution >= 4 is 27.5 Å². The average Bonchev–Trinajstić information content (AvgIpc) is 3.65. The number of allylic oxidation sites excluding steroid dienone is 5. The Kier molecular flexibility index (Phi) is 7.45. The zero-order valence-corrected chi connectivity index (χ0v) is 28.2. The SMILES string of the molecule is C=C/C=C\C=C(/C)c1nc(-c2ccccc2)nc(-c2ccc(-c3cccc4c3C(C)(C(C)C)c3ccc5oc6ccccc6c5c3-4)cc2)n1. The zero-order chi connectivity index (χ0) is 33.7. The molecule has 2 heterocycles. The summed E-state index contributed by atoms with van der Waals surface area (Å²) in [6.45, 7) is 12.9. The predicted octanol–water partition coefficient (Wildman–Crippen LogP) is 11.9. The van der Waals surface area contributed by atoms with E-state index in [-0.39, 0.29) is 5.41 Å². The Morgan fingerprint density at radius 2 is 1.37 bits per heavy atom. The van der Waals surface area contributed by atoms with Crippen LogP contribution in [0.25, 0.3) is 72.5 Å². The van der Waals surface area contributed by atoms with Crippen molar-refractivity contribution in [1.29, 1.82) is 0 Å². The first-order chi connectivity index (χ1) is 23.9. The van der Waals surface area contributed by atoms with Gasteiger partial charge in [0.15, 0.2) is 17.5 Å². The molecule has 7 aromatic rings. The number of para-hydroxylation sites is 1. The zero-order valence-electron chi connectivity index (χ0n) is 28.2. The van der Waals surface area contributed by atoms with Crippen LogP contribution in [-0.2, 0) is 5.41 Å². The number of aromatic nitrogens is 3. The minimum atomic E-state index is -0.190.